The first-order valence-electron chi connectivity index (χ1n) is 9.66. The third kappa shape index (κ3) is 2.49. The fourth-order valence-corrected chi connectivity index (χ4v) is 5.27. The van der Waals surface area contributed by atoms with Crippen LogP contribution in [-0.2, 0) is 9.59 Å². The Morgan fingerprint density at radius 3 is 2.41 bits per heavy atom. The average molecular weight is 397 g/mol. The Bertz CT molecular complexity index is 966. The van der Waals surface area contributed by atoms with Crippen molar-refractivity contribution in [1.82, 2.24) is 5.01 Å². The van der Waals surface area contributed by atoms with Crippen LogP contribution in [0.2, 0.25) is 0 Å². The number of hydrogen-bond acceptors (Lipinski definition) is 7. The van der Waals surface area contributed by atoms with Crippen LogP contribution in [-0.4, -0.2) is 39.7 Å². The Labute approximate surface area is 165 Å². The minimum atomic E-state index is -0.731. The summed E-state index contributed by atoms with van der Waals surface area (Å²) in [4.78, 5) is 36.3. The molecule has 1 aromatic carbocycles. The molecular formula is C20H19N3O6. The van der Waals surface area contributed by atoms with E-state index in [1.807, 2.05) is 0 Å². The number of nitrogens with zero attached hydrogens (tertiary/aromatic N) is 3. The number of nitro groups is 1. The van der Waals surface area contributed by atoms with Crippen LogP contribution in [0.3, 0.4) is 0 Å². The van der Waals surface area contributed by atoms with Crippen LogP contribution in [0.1, 0.15) is 18.9 Å². The van der Waals surface area contributed by atoms with E-state index in [1.54, 1.807) is 6.92 Å². The number of hydrogen-bond donors (Lipinski definition) is 1. The number of phenols is 1. The summed E-state index contributed by atoms with van der Waals surface area (Å²) >= 11 is 0. The highest BCUT2D eigenvalue weighted by Gasteiger charge is 2.67. The van der Waals surface area contributed by atoms with Crippen molar-refractivity contribution in [2.24, 2.45) is 40.6 Å². The molecule has 0 spiro atoms. The number of aromatic hydroxyl groups is 1. The molecule has 1 saturated heterocycles. The molecule has 2 amide bonds. The number of carbonyl (C=O) groups excluding carboxylic acids is 2. The van der Waals surface area contributed by atoms with Gasteiger partial charge in [-0.05, 0) is 43.1 Å². The van der Waals surface area contributed by atoms with Crippen LogP contribution in [0.5, 0.6) is 11.5 Å². The standard InChI is InChI=1S/C20H19N3O6/c1-2-29-15-6-9(5-14(18(15)24)23(27)28)8-21-22-19(25)16-10-3-4-11(13-7-12(10)13)17(16)20(22)26/h3-6,8,10-13,16-17,24H,2,7H2,1H3/b21-8-/t10-,11+,12-,13-,16+,17+/m1/s1. The average Bonchev–Trinajstić information content (AvgIpc) is 3.47. The molecule has 0 radical (unpaired) electrons. The SMILES string of the molecule is CCOc1cc(/C=N\N2C(=O)[C@H]3[C@@H]4C=C[C@@H]([C@H]5C[C@H]45)[C@@H]3C2=O)cc([N+](=O)[O-])c1O. The van der Waals surface area contributed by atoms with Gasteiger partial charge in [-0.3, -0.25) is 19.7 Å². The molecule has 1 aromatic rings. The number of ether oxygens (including phenoxy) is 1. The van der Waals surface area contributed by atoms with Gasteiger partial charge in [-0.2, -0.15) is 10.1 Å². The molecule has 1 heterocycles. The summed E-state index contributed by atoms with van der Waals surface area (Å²) in [6, 6.07) is 2.51. The van der Waals surface area contributed by atoms with E-state index >= 15 is 0 Å². The van der Waals surface area contributed by atoms with Crippen LogP contribution in [0.25, 0.3) is 0 Å². The molecule has 150 valence electrons. The number of allylic oxidation sites excluding steroid dienone is 2. The minimum Gasteiger partial charge on any atom is -0.500 e. The van der Waals surface area contributed by atoms with Gasteiger partial charge >= 0.3 is 5.69 Å². The first kappa shape index (κ1) is 17.8. The molecule has 3 fully saturated rings. The normalized spacial score (nSPS) is 33.9. The second-order valence-electron chi connectivity index (χ2n) is 7.96. The Hall–Kier alpha value is -3.23. The predicted octanol–water partition coefficient (Wildman–Crippen LogP) is 2.09. The summed E-state index contributed by atoms with van der Waals surface area (Å²) in [6.07, 6.45) is 6.46. The lowest BCUT2D eigenvalue weighted by molar-refractivity contribution is -0.386. The lowest BCUT2D eigenvalue weighted by Gasteiger charge is -2.37. The van der Waals surface area contributed by atoms with Crippen molar-refractivity contribution in [2.75, 3.05) is 6.61 Å². The van der Waals surface area contributed by atoms with Crippen molar-refractivity contribution < 1.29 is 24.4 Å². The summed E-state index contributed by atoms with van der Waals surface area (Å²) < 4.78 is 5.24. The molecule has 0 unspecified atom stereocenters. The highest BCUT2D eigenvalue weighted by Crippen LogP contribution is 2.65. The lowest BCUT2D eigenvalue weighted by atomic mass is 9.63. The fourth-order valence-electron chi connectivity index (χ4n) is 5.27. The number of benzene rings is 1. The predicted molar refractivity (Wildman–Crippen MR) is 100 cm³/mol. The zero-order valence-electron chi connectivity index (χ0n) is 15.6. The van der Waals surface area contributed by atoms with E-state index in [1.165, 1.54) is 12.3 Å². The lowest BCUT2D eigenvalue weighted by Crippen LogP contribution is -2.40. The number of nitro benzene ring substituents is 1. The van der Waals surface area contributed by atoms with Crippen LogP contribution < -0.4 is 4.74 Å². The molecule has 0 aromatic heterocycles. The Kier molecular flexibility index (Phi) is 3.77. The van der Waals surface area contributed by atoms with Crippen molar-refractivity contribution in [2.45, 2.75) is 13.3 Å². The zero-order valence-corrected chi connectivity index (χ0v) is 15.6. The first-order valence-corrected chi connectivity index (χ1v) is 9.66. The molecule has 6 rings (SSSR count). The third-order valence-corrected chi connectivity index (χ3v) is 6.54. The summed E-state index contributed by atoms with van der Waals surface area (Å²) in [5, 5.41) is 26.2. The number of imide groups is 1. The topological polar surface area (TPSA) is 122 Å². The highest BCUT2D eigenvalue weighted by atomic mass is 16.6. The maximum absolute atomic E-state index is 12.9. The van der Waals surface area contributed by atoms with Gasteiger partial charge < -0.3 is 9.84 Å². The maximum atomic E-state index is 12.9. The molecule has 1 aliphatic heterocycles. The van der Waals surface area contributed by atoms with E-state index in [0.717, 1.165) is 17.5 Å². The van der Waals surface area contributed by atoms with E-state index in [2.05, 4.69) is 17.3 Å². The summed E-state index contributed by atoms with van der Waals surface area (Å²) in [6.45, 7) is 1.89. The van der Waals surface area contributed by atoms with E-state index < -0.39 is 16.4 Å². The van der Waals surface area contributed by atoms with Crippen LogP contribution in [0.15, 0.2) is 29.4 Å². The molecule has 29 heavy (non-hydrogen) atoms. The van der Waals surface area contributed by atoms with E-state index in [0.29, 0.717) is 11.8 Å². The second kappa shape index (κ2) is 6.13. The maximum Gasteiger partial charge on any atom is 0.315 e. The van der Waals surface area contributed by atoms with Gasteiger partial charge in [-0.1, -0.05) is 12.2 Å². The van der Waals surface area contributed by atoms with Gasteiger partial charge in [0.15, 0.2) is 5.75 Å². The van der Waals surface area contributed by atoms with Gasteiger partial charge in [-0.25, -0.2) is 0 Å². The summed E-state index contributed by atoms with van der Waals surface area (Å²) in [5.74, 6) is -0.747. The molecule has 9 nitrogen and oxygen atoms in total. The number of rotatable bonds is 5. The minimum absolute atomic E-state index is 0.0572. The smallest absolute Gasteiger partial charge is 0.315 e. The van der Waals surface area contributed by atoms with Crippen molar-refractivity contribution in [3.8, 4) is 11.5 Å². The molecule has 9 heteroatoms. The van der Waals surface area contributed by atoms with Gasteiger partial charge in [0.1, 0.15) is 0 Å². The molecule has 4 aliphatic carbocycles. The van der Waals surface area contributed by atoms with Gasteiger partial charge in [-0.15, -0.1) is 0 Å². The Morgan fingerprint density at radius 1 is 1.24 bits per heavy atom. The van der Waals surface area contributed by atoms with Gasteiger partial charge in [0.25, 0.3) is 11.8 Å². The third-order valence-electron chi connectivity index (χ3n) is 6.54. The molecule has 5 aliphatic rings. The van der Waals surface area contributed by atoms with Crippen molar-refractivity contribution in [1.29, 1.82) is 0 Å². The number of carbonyl (C=O) groups is 2. The molecule has 1 N–H and O–H groups in total. The van der Waals surface area contributed by atoms with E-state index in [-0.39, 0.29) is 53.4 Å². The Balaban J connectivity index is 1.45. The van der Waals surface area contributed by atoms with E-state index in [9.17, 15) is 24.8 Å². The quantitative estimate of drug-likeness (QED) is 0.267. The first-order chi connectivity index (χ1) is 13.9. The Morgan fingerprint density at radius 2 is 1.86 bits per heavy atom. The van der Waals surface area contributed by atoms with Crippen molar-refractivity contribution in [3.63, 3.8) is 0 Å². The molecule has 2 bridgehead atoms. The molecular weight excluding hydrogens is 378 g/mol. The zero-order chi connectivity index (χ0) is 20.4. The van der Waals surface area contributed by atoms with Crippen LogP contribution in [0, 0.1) is 45.6 Å². The largest absolute Gasteiger partial charge is 0.500 e. The van der Waals surface area contributed by atoms with Crippen LogP contribution >= 0.6 is 0 Å². The second-order valence-corrected chi connectivity index (χ2v) is 7.96. The van der Waals surface area contributed by atoms with Gasteiger partial charge in [0.05, 0.1) is 29.6 Å². The van der Waals surface area contributed by atoms with Crippen molar-refractivity contribution >= 4 is 23.7 Å². The summed E-state index contributed by atoms with van der Waals surface area (Å²) in [5.41, 5.74) is -0.287. The molecule has 2 saturated carbocycles. The summed E-state index contributed by atoms with van der Waals surface area (Å²) in [7, 11) is 0. The number of hydrazone groups is 1. The van der Waals surface area contributed by atoms with Crippen LogP contribution in [0.4, 0.5) is 5.69 Å². The van der Waals surface area contributed by atoms with Gasteiger partial charge in [0, 0.05) is 11.6 Å². The highest BCUT2D eigenvalue weighted by molar-refractivity contribution is 6.06. The number of amides is 2. The monoisotopic (exact) mass is 397 g/mol. The van der Waals surface area contributed by atoms with Crippen molar-refractivity contribution in [3.05, 3.63) is 40.0 Å². The fraction of sp³-hybridized carbons (Fsp3) is 0.450. The molecule has 6 atom stereocenters. The van der Waals surface area contributed by atoms with Gasteiger partial charge in [0.2, 0.25) is 5.75 Å². The van der Waals surface area contributed by atoms with E-state index in [4.69, 9.17) is 4.74 Å². The number of phenolic OH excluding ortho intramolecular Hbond substituents is 1.